The van der Waals surface area contributed by atoms with E-state index in [1.165, 1.54) is 25.9 Å². The summed E-state index contributed by atoms with van der Waals surface area (Å²) >= 11 is 0. The van der Waals surface area contributed by atoms with Crippen LogP contribution in [0.4, 0.5) is 0 Å². The molecule has 0 unspecified atom stereocenters. The molecule has 2 heteroatoms. The summed E-state index contributed by atoms with van der Waals surface area (Å²) < 4.78 is 5.53. The SMILES string of the molecule is [CH2]/C(=C\C=C(\C)C=C)OCCN1CCCC1. The minimum atomic E-state index is 0.723. The van der Waals surface area contributed by atoms with E-state index in [9.17, 15) is 0 Å². The average molecular weight is 220 g/mol. The van der Waals surface area contributed by atoms with E-state index in [4.69, 9.17) is 4.74 Å². The maximum absolute atomic E-state index is 5.53. The van der Waals surface area contributed by atoms with Gasteiger partial charge in [0.1, 0.15) is 6.61 Å². The van der Waals surface area contributed by atoms with Crippen molar-refractivity contribution in [3.63, 3.8) is 0 Å². The smallest absolute Gasteiger partial charge is 0.100 e. The van der Waals surface area contributed by atoms with Crippen LogP contribution in [-0.2, 0) is 4.74 Å². The quantitative estimate of drug-likeness (QED) is 0.504. The molecular weight excluding hydrogens is 198 g/mol. The number of hydrogen-bond acceptors (Lipinski definition) is 2. The minimum absolute atomic E-state index is 0.723. The predicted molar refractivity (Wildman–Crippen MR) is 69.0 cm³/mol. The van der Waals surface area contributed by atoms with Crippen molar-refractivity contribution in [2.75, 3.05) is 26.2 Å². The third-order valence-electron chi connectivity index (χ3n) is 2.75. The second kappa shape index (κ2) is 7.29. The monoisotopic (exact) mass is 220 g/mol. The zero-order valence-electron chi connectivity index (χ0n) is 10.2. The molecule has 0 spiro atoms. The molecule has 0 amide bonds. The Balaban J connectivity index is 2.18. The van der Waals surface area contributed by atoms with E-state index < -0.39 is 0 Å². The highest BCUT2D eigenvalue weighted by Crippen LogP contribution is 2.07. The topological polar surface area (TPSA) is 12.5 Å². The van der Waals surface area contributed by atoms with Crippen molar-refractivity contribution in [2.24, 2.45) is 0 Å². The van der Waals surface area contributed by atoms with Crippen molar-refractivity contribution in [2.45, 2.75) is 19.8 Å². The lowest BCUT2D eigenvalue weighted by molar-refractivity contribution is 0.179. The molecule has 0 bridgehead atoms. The highest BCUT2D eigenvalue weighted by molar-refractivity contribution is 5.21. The normalized spacial score (nSPS) is 18.9. The van der Waals surface area contributed by atoms with E-state index >= 15 is 0 Å². The number of nitrogens with zero attached hydrogens (tertiary/aromatic N) is 1. The van der Waals surface area contributed by atoms with Crippen molar-refractivity contribution in [3.05, 3.63) is 43.1 Å². The summed E-state index contributed by atoms with van der Waals surface area (Å²) in [6.07, 6.45) is 8.32. The van der Waals surface area contributed by atoms with Gasteiger partial charge in [-0.3, -0.25) is 4.90 Å². The molecule has 0 N–H and O–H groups in total. The summed E-state index contributed by atoms with van der Waals surface area (Å²) in [4.78, 5) is 2.43. The number of ether oxygens (including phenoxy) is 1. The van der Waals surface area contributed by atoms with E-state index in [1.807, 2.05) is 25.2 Å². The van der Waals surface area contributed by atoms with Crippen molar-refractivity contribution in [1.82, 2.24) is 4.90 Å². The van der Waals surface area contributed by atoms with Crippen molar-refractivity contribution in [3.8, 4) is 0 Å². The van der Waals surface area contributed by atoms with Gasteiger partial charge >= 0.3 is 0 Å². The van der Waals surface area contributed by atoms with Gasteiger partial charge in [0.2, 0.25) is 0 Å². The summed E-state index contributed by atoms with van der Waals surface area (Å²) in [7, 11) is 0. The number of rotatable bonds is 6. The number of hydrogen-bond donors (Lipinski definition) is 0. The van der Waals surface area contributed by atoms with E-state index in [0.29, 0.717) is 0 Å². The molecule has 0 aliphatic carbocycles. The average Bonchev–Trinajstić information content (AvgIpc) is 2.79. The molecule has 1 rings (SSSR count). The molecule has 0 aromatic carbocycles. The third-order valence-corrected chi connectivity index (χ3v) is 2.75. The first kappa shape index (κ1) is 13.0. The summed E-state index contributed by atoms with van der Waals surface area (Å²) in [5.74, 6) is 0.723. The summed E-state index contributed by atoms with van der Waals surface area (Å²) in [6.45, 7) is 13.7. The molecule has 89 valence electrons. The molecular formula is C14H22NO. The van der Waals surface area contributed by atoms with Gasteiger partial charge in [-0.1, -0.05) is 24.3 Å². The molecule has 0 atom stereocenters. The lowest BCUT2D eigenvalue weighted by atomic mass is 10.2. The van der Waals surface area contributed by atoms with Crippen LogP contribution in [0.25, 0.3) is 0 Å². The molecule has 2 nitrogen and oxygen atoms in total. The van der Waals surface area contributed by atoms with Crippen LogP contribution in [0.3, 0.4) is 0 Å². The molecule has 1 aliphatic rings. The van der Waals surface area contributed by atoms with Crippen LogP contribution in [0.2, 0.25) is 0 Å². The Kier molecular flexibility index (Phi) is 5.94. The van der Waals surface area contributed by atoms with Gasteiger partial charge in [0, 0.05) is 13.5 Å². The fourth-order valence-electron chi connectivity index (χ4n) is 1.65. The Bertz CT molecular complexity index is 272. The van der Waals surface area contributed by atoms with Gasteiger partial charge in [-0.15, -0.1) is 0 Å². The van der Waals surface area contributed by atoms with Crippen molar-refractivity contribution in [1.29, 1.82) is 0 Å². The molecule has 1 radical (unpaired) electrons. The van der Waals surface area contributed by atoms with Crippen molar-refractivity contribution < 1.29 is 4.74 Å². The lowest BCUT2D eigenvalue weighted by Crippen LogP contribution is -2.23. The number of likely N-dealkylation sites (tertiary alicyclic amines) is 1. The zero-order valence-corrected chi connectivity index (χ0v) is 10.2. The summed E-state index contributed by atoms with van der Waals surface area (Å²) in [6, 6.07) is 0. The molecule has 1 aliphatic heterocycles. The summed E-state index contributed by atoms with van der Waals surface area (Å²) in [5, 5.41) is 0. The maximum atomic E-state index is 5.53. The standard InChI is InChI=1S/C14H22NO/c1-4-13(2)7-8-14(3)16-12-11-15-9-5-6-10-15/h4,7-8H,1,3,5-6,9-12H2,2H3/b13-7-,14-8+. The third kappa shape index (κ3) is 5.17. The fraction of sp³-hybridized carbons (Fsp3) is 0.500. The Morgan fingerprint density at radius 2 is 2.00 bits per heavy atom. The largest absolute Gasteiger partial charge is 0.497 e. The lowest BCUT2D eigenvalue weighted by Gasteiger charge is -2.14. The first-order valence-corrected chi connectivity index (χ1v) is 5.90. The molecule has 0 aromatic heterocycles. The van der Waals surface area contributed by atoms with E-state index in [-0.39, 0.29) is 0 Å². The first-order valence-electron chi connectivity index (χ1n) is 5.90. The van der Waals surface area contributed by atoms with Crippen LogP contribution >= 0.6 is 0 Å². The van der Waals surface area contributed by atoms with Crippen LogP contribution < -0.4 is 0 Å². The highest BCUT2D eigenvalue weighted by atomic mass is 16.5. The van der Waals surface area contributed by atoms with Gasteiger partial charge in [-0.2, -0.15) is 0 Å². The van der Waals surface area contributed by atoms with Gasteiger partial charge in [-0.25, -0.2) is 0 Å². The van der Waals surface area contributed by atoms with Crippen LogP contribution in [0.5, 0.6) is 0 Å². The van der Waals surface area contributed by atoms with Crippen LogP contribution in [0.1, 0.15) is 19.8 Å². The fourth-order valence-corrected chi connectivity index (χ4v) is 1.65. The van der Waals surface area contributed by atoms with E-state index in [2.05, 4.69) is 18.4 Å². The molecule has 1 fully saturated rings. The highest BCUT2D eigenvalue weighted by Gasteiger charge is 2.10. The van der Waals surface area contributed by atoms with Crippen LogP contribution in [0, 0.1) is 6.92 Å². The van der Waals surface area contributed by atoms with Gasteiger partial charge in [0.25, 0.3) is 0 Å². The van der Waals surface area contributed by atoms with Gasteiger partial charge < -0.3 is 4.74 Å². The minimum Gasteiger partial charge on any atom is -0.497 e. The second-order valence-corrected chi connectivity index (χ2v) is 4.14. The maximum Gasteiger partial charge on any atom is 0.100 e. The molecule has 1 saturated heterocycles. The second-order valence-electron chi connectivity index (χ2n) is 4.14. The van der Waals surface area contributed by atoms with E-state index in [0.717, 1.165) is 24.5 Å². The predicted octanol–water partition coefficient (Wildman–Crippen LogP) is 2.95. The molecule has 0 aromatic rings. The summed E-state index contributed by atoms with van der Waals surface area (Å²) in [5.41, 5.74) is 1.12. The van der Waals surface area contributed by atoms with Gasteiger partial charge in [-0.05, 0) is 38.9 Å². The van der Waals surface area contributed by atoms with Crippen molar-refractivity contribution >= 4 is 0 Å². The van der Waals surface area contributed by atoms with Crippen LogP contribution in [0.15, 0.2) is 36.1 Å². The van der Waals surface area contributed by atoms with Crippen LogP contribution in [-0.4, -0.2) is 31.1 Å². The van der Waals surface area contributed by atoms with Gasteiger partial charge in [0.05, 0.1) is 5.76 Å². The van der Waals surface area contributed by atoms with E-state index in [1.54, 1.807) is 0 Å². The Morgan fingerprint density at radius 3 is 2.62 bits per heavy atom. The number of allylic oxidation sites excluding steroid dienone is 5. The Labute approximate surface area is 99.3 Å². The Hall–Kier alpha value is -1.02. The molecule has 1 heterocycles. The molecule has 16 heavy (non-hydrogen) atoms. The molecule has 0 saturated carbocycles. The first-order chi connectivity index (χ1) is 7.72. The zero-order chi connectivity index (χ0) is 11.8. The van der Waals surface area contributed by atoms with Gasteiger partial charge in [0.15, 0.2) is 0 Å². The Morgan fingerprint density at radius 1 is 1.31 bits per heavy atom.